The van der Waals surface area contributed by atoms with Gasteiger partial charge in [-0.1, -0.05) is 35.9 Å². The van der Waals surface area contributed by atoms with Gasteiger partial charge in [0.2, 0.25) is 0 Å². The molecule has 4 nitrogen and oxygen atoms in total. The molecule has 22 heavy (non-hydrogen) atoms. The van der Waals surface area contributed by atoms with Crippen LogP contribution in [0.15, 0.2) is 48.5 Å². The summed E-state index contributed by atoms with van der Waals surface area (Å²) in [7, 11) is 0. The first-order valence-corrected chi connectivity index (χ1v) is 6.85. The van der Waals surface area contributed by atoms with E-state index in [1.165, 1.54) is 0 Å². The lowest BCUT2D eigenvalue weighted by atomic mass is 10.0. The van der Waals surface area contributed by atoms with Crippen LogP contribution in [0, 0.1) is 11.3 Å². The molecule has 2 rings (SSSR count). The number of rotatable bonds is 5. The topological polar surface area (TPSA) is 76.1 Å². The Morgan fingerprint density at radius 3 is 2.59 bits per heavy atom. The number of hydrogen-bond donors (Lipinski definition) is 1. The minimum Gasteiger partial charge on any atom is -0.484 e. The molecule has 0 atom stereocenters. The van der Waals surface area contributed by atoms with Crippen molar-refractivity contribution in [2.45, 2.75) is 0 Å². The predicted molar refractivity (Wildman–Crippen MR) is 86.1 cm³/mol. The first-order chi connectivity index (χ1) is 10.6. The van der Waals surface area contributed by atoms with Gasteiger partial charge >= 0.3 is 0 Å². The van der Waals surface area contributed by atoms with Crippen LogP contribution in [0.4, 0.5) is 0 Å². The van der Waals surface area contributed by atoms with Crippen molar-refractivity contribution in [3.63, 3.8) is 0 Å². The van der Waals surface area contributed by atoms with E-state index in [0.717, 1.165) is 11.1 Å². The summed E-state index contributed by atoms with van der Waals surface area (Å²) in [5.74, 6) is 0.00825. The first-order valence-electron chi connectivity index (χ1n) is 6.47. The van der Waals surface area contributed by atoms with Gasteiger partial charge in [0, 0.05) is 5.02 Å². The van der Waals surface area contributed by atoms with Crippen molar-refractivity contribution >= 4 is 29.2 Å². The van der Waals surface area contributed by atoms with Crippen molar-refractivity contribution in [1.29, 1.82) is 5.26 Å². The number of hydrogen-bond acceptors (Lipinski definition) is 3. The Labute approximate surface area is 133 Å². The van der Waals surface area contributed by atoms with E-state index in [9.17, 15) is 10.1 Å². The standard InChI is InChI=1S/C17H13ClN2O2/c18-15-3-1-2-13(9-15)14(10-19)8-12-4-6-16(7-5-12)22-11-17(20)21/h1-9H,11H2,(H2,20,21)/b14-8-. The second-order valence-corrected chi connectivity index (χ2v) is 4.94. The summed E-state index contributed by atoms with van der Waals surface area (Å²) in [5, 5.41) is 9.87. The van der Waals surface area contributed by atoms with E-state index in [4.69, 9.17) is 22.1 Å². The minimum atomic E-state index is -0.531. The van der Waals surface area contributed by atoms with Crippen LogP contribution in [-0.4, -0.2) is 12.5 Å². The van der Waals surface area contributed by atoms with Crippen molar-refractivity contribution < 1.29 is 9.53 Å². The highest BCUT2D eigenvalue weighted by atomic mass is 35.5. The third-order valence-electron chi connectivity index (χ3n) is 2.83. The Morgan fingerprint density at radius 1 is 1.27 bits per heavy atom. The predicted octanol–water partition coefficient (Wildman–Crippen LogP) is 3.27. The molecule has 2 aromatic rings. The Morgan fingerprint density at radius 2 is 2.00 bits per heavy atom. The van der Waals surface area contributed by atoms with Crippen molar-refractivity contribution in [2.75, 3.05) is 6.61 Å². The average molecular weight is 313 g/mol. The number of primary amides is 1. The van der Waals surface area contributed by atoms with Gasteiger partial charge in [0.05, 0.1) is 11.6 Å². The fourth-order valence-corrected chi connectivity index (χ4v) is 2.01. The third kappa shape index (κ3) is 4.37. The van der Waals surface area contributed by atoms with Crippen LogP contribution in [0.2, 0.25) is 5.02 Å². The molecule has 0 aliphatic rings. The van der Waals surface area contributed by atoms with Gasteiger partial charge in [-0.05, 0) is 41.5 Å². The van der Waals surface area contributed by atoms with Crippen molar-refractivity contribution in [2.24, 2.45) is 5.73 Å². The number of carbonyl (C=O) groups excluding carboxylic acids is 1. The summed E-state index contributed by atoms with van der Waals surface area (Å²) in [6.45, 7) is -0.166. The number of nitriles is 1. The van der Waals surface area contributed by atoms with E-state index in [0.29, 0.717) is 16.3 Å². The highest BCUT2D eigenvalue weighted by Crippen LogP contribution is 2.22. The summed E-state index contributed by atoms with van der Waals surface area (Å²) >= 11 is 5.94. The van der Waals surface area contributed by atoms with Gasteiger partial charge in [-0.2, -0.15) is 5.26 Å². The second kappa shape index (κ2) is 7.30. The third-order valence-corrected chi connectivity index (χ3v) is 3.06. The smallest absolute Gasteiger partial charge is 0.255 e. The van der Waals surface area contributed by atoms with Gasteiger partial charge in [-0.3, -0.25) is 4.79 Å². The number of nitrogens with zero attached hydrogens (tertiary/aromatic N) is 1. The zero-order valence-electron chi connectivity index (χ0n) is 11.6. The summed E-state index contributed by atoms with van der Waals surface area (Å²) < 4.78 is 5.18. The Kier molecular flexibility index (Phi) is 5.18. The van der Waals surface area contributed by atoms with E-state index in [2.05, 4.69) is 6.07 Å². The number of benzene rings is 2. The van der Waals surface area contributed by atoms with Gasteiger partial charge < -0.3 is 10.5 Å². The monoisotopic (exact) mass is 312 g/mol. The van der Waals surface area contributed by atoms with Gasteiger partial charge in [-0.25, -0.2) is 0 Å². The lowest BCUT2D eigenvalue weighted by Crippen LogP contribution is -2.19. The van der Waals surface area contributed by atoms with Crippen molar-refractivity contribution in [1.82, 2.24) is 0 Å². The first kappa shape index (κ1) is 15.6. The number of allylic oxidation sites excluding steroid dienone is 1. The molecule has 110 valence electrons. The summed E-state index contributed by atoms with van der Waals surface area (Å²) in [4.78, 5) is 10.6. The van der Waals surface area contributed by atoms with Crippen molar-refractivity contribution in [3.8, 4) is 11.8 Å². The Bertz CT molecular complexity index is 746. The van der Waals surface area contributed by atoms with E-state index in [1.807, 2.05) is 6.07 Å². The van der Waals surface area contributed by atoms with Crippen LogP contribution < -0.4 is 10.5 Å². The maximum absolute atomic E-state index is 10.6. The summed E-state index contributed by atoms with van der Waals surface area (Å²) in [6.07, 6.45) is 1.75. The molecule has 0 fully saturated rings. The molecule has 5 heteroatoms. The van der Waals surface area contributed by atoms with Gasteiger partial charge in [0.1, 0.15) is 5.75 Å². The largest absolute Gasteiger partial charge is 0.484 e. The molecule has 2 N–H and O–H groups in total. The molecule has 0 bridgehead atoms. The van der Waals surface area contributed by atoms with Gasteiger partial charge in [0.15, 0.2) is 6.61 Å². The Balaban J connectivity index is 2.20. The fourth-order valence-electron chi connectivity index (χ4n) is 1.82. The number of halogens is 1. The van der Waals surface area contributed by atoms with Crippen LogP contribution in [-0.2, 0) is 4.79 Å². The molecule has 1 amide bonds. The highest BCUT2D eigenvalue weighted by molar-refractivity contribution is 6.30. The van der Waals surface area contributed by atoms with E-state index >= 15 is 0 Å². The van der Waals surface area contributed by atoms with Crippen LogP contribution in [0.5, 0.6) is 5.75 Å². The SMILES string of the molecule is N#C/C(=C/c1ccc(OCC(N)=O)cc1)c1cccc(Cl)c1. The molecule has 0 saturated carbocycles. The average Bonchev–Trinajstić information content (AvgIpc) is 2.51. The molecule has 0 unspecified atom stereocenters. The maximum Gasteiger partial charge on any atom is 0.255 e. The zero-order chi connectivity index (χ0) is 15.9. The Hall–Kier alpha value is -2.77. The van der Waals surface area contributed by atoms with Gasteiger partial charge in [-0.15, -0.1) is 0 Å². The quantitative estimate of drug-likeness (QED) is 0.680. The fraction of sp³-hybridized carbons (Fsp3) is 0.0588. The van der Waals surface area contributed by atoms with E-state index < -0.39 is 5.91 Å². The number of nitrogens with two attached hydrogens (primary N) is 1. The molecule has 0 spiro atoms. The van der Waals surface area contributed by atoms with Crippen LogP contribution >= 0.6 is 11.6 Å². The molecule has 0 aliphatic heterocycles. The molecule has 0 heterocycles. The zero-order valence-corrected chi connectivity index (χ0v) is 12.4. The number of carbonyl (C=O) groups is 1. The summed E-state index contributed by atoms with van der Waals surface area (Å²) in [6, 6.07) is 16.3. The number of ether oxygens (including phenoxy) is 1. The molecule has 0 radical (unpaired) electrons. The van der Waals surface area contributed by atoms with E-state index in [1.54, 1.807) is 48.5 Å². The van der Waals surface area contributed by atoms with Crippen molar-refractivity contribution in [3.05, 3.63) is 64.7 Å². The molecule has 0 aromatic heterocycles. The molecular weight excluding hydrogens is 300 g/mol. The maximum atomic E-state index is 10.6. The lowest BCUT2D eigenvalue weighted by molar-refractivity contribution is -0.119. The highest BCUT2D eigenvalue weighted by Gasteiger charge is 2.02. The molecule has 0 saturated heterocycles. The van der Waals surface area contributed by atoms with Crippen LogP contribution in [0.3, 0.4) is 0 Å². The molecule has 0 aliphatic carbocycles. The molecular formula is C17H13ClN2O2. The normalized spacial score (nSPS) is 10.8. The lowest BCUT2D eigenvalue weighted by Gasteiger charge is -2.04. The summed E-state index contributed by atoms with van der Waals surface area (Å²) in [5.41, 5.74) is 7.11. The second-order valence-electron chi connectivity index (χ2n) is 4.50. The van der Waals surface area contributed by atoms with Crippen LogP contribution in [0.1, 0.15) is 11.1 Å². The van der Waals surface area contributed by atoms with Gasteiger partial charge in [0.25, 0.3) is 5.91 Å². The van der Waals surface area contributed by atoms with E-state index in [-0.39, 0.29) is 6.61 Å². The van der Waals surface area contributed by atoms with Crippen LogP contribution in [0.25, 0.3) is 11.6 Å². The number of amides is 1. The minimum absolute atomic E-state index is 0.166. The molecule has 2 aromatic carbocycles.